The van der Waals surface area contributed by atoms with Crippen LogP contribution < -0.4 is 28.6 Å². The smallest absolute Gasteiger partial charge is 0.301 e. The van der Waals surface area contributed by atoms with Crippen molar-refractivity contribution in [2.24, 2.45) is 0 Å². The Kier molecular flexibility index (Phi) is 6.88. The molecule has 1 fully saturated rings. The number of ketones is 1. The number of Topliss-reactive ketones (excluding diaryl/α,β-unsaturated/α-hetero) is 1. The van der Waals surface area contributed by atoms with Gasteiger partial charge in [-0.05, 0) is 61.0 Å². The molecule has 0 saturated carbocycles. The van der Waals surface area contributed by atoms with Crippen LogP contribution in [-0.2, 0) is 9.59 Å². The number of aliphatic hydroxyl groups is 1. The lowest BCUT2D eigenvalue weighted by atomic mass is 9.95. The van der Waals surface area contributed by atoms with Gasteiger partial charge in [0.05, 0.1) is 42.7 Å². The molecule has 1 aromatic heterocycles. The van der Waals surface area contributed by atoms with Gasteiger partial charge in [0.2, 0.25) is 0 Å². The van der Waals surface area contributed by atoms with Gasteiger partial charge in [0.1, 0.15) is 24.7 Å². The second-order valence-corrected chi connectivity index (χ2v) is 10.2. The summed E-state index contributed by atoms with van der Waals surface area (Å²) in [5, 5.41) is 11.9. The van der Waals surface area contributed by atoms with E-state index in [1.54, 1.807) is 55.6 Å². The van der Waals surface area contributed by atoms with E-state index in [1.165, 1.54) is 23.3 Å². The predicted octanol–water partition coefficient (Wildman–Crippen LogP) is 5.11. The zero-order chi connectivity index (χ0) is 28.7. The molecule has 0 bridgehead atoms. The average molecular weight is 575 g/mol. The van der Waals surface area contributed by atoms with Crippen molar-refractivity contribution in [3.8, 4) is 28.7 Å². The van der Waals surface area contributed by atoms with Gasteiger partial charge >= 0.3 is 5.91 Å². The fourth-order valence-electron chi connectivity index (χ4n) is 4.94. The minimum absolute atomic E-state index is 0.0882. The fourth-order valence-corrected chi connectivity index (χ4v) is 5.96. The molecule has 0 radical (unpaired) electrons. The molecule has 1 unspecified atom stereocenters. The highest BCUT2D eigenvalue weighted by molar-refractivity contribution is 7.22. The Morgan fingerprint density at radius 3 is 2.56 bits per heavy atom. The highest BCUT2D eigenvalue weighted by atomic mass is 32.1. The van der Waals surface area contributed by atoms with E-state index in [0.717, 1.165) is 4.70 Å². The van der Waals surface area contributed by atoms with Crippen LogP contribution in [0.25, 0.3) is 16.0 Å². The second-order valence-electron chi connectivity index (χ2n) is 9.20. The lowest BCUT2D eigenvalue weighted by Crippen LogP contribution is -2.29. The number of aromatic nitrogens is 1. The number of methoxy groups -OCH3 is 2. The lowest BCUT2D eigenvalue weighted by Gasteiger charge is -2.24. The van der Waals surface area contributed by atoms with Crippen LogP contribution >= 0.6 is 11.3 Å². The van der Waals surface area contributed by atoms with Crippen molar-refractivity contribution in [1.82, 2.24) is 4.98 Å². The van der Waals surface area contributed by atoms with E-state index in [4.69, 9.17) is 23.7 Å². The Morgan fingerprint density at radius 1 is 1.00 bits per heavy atom. The van der Waals surface area contributed by atoms with E-state index >= 15 is 0 Å². The minimum atomic E-state index is -1.00. The van der Waals surface area contributed by atoms with Gasteiger partial charge in [-0.2, -0.15) is 0 Å². The first-order valence-electron chi connectivity index (χ1n) is 12.9. The van der Waals surface area contributed by atoms with Crippen LogP contribution in [0.5, 0.6) is 28.7 Å². The molecule has 41 heavy (non-hydrogen) atoms. The Hall–Kier alpha value is -4.77. The number of carbonyl (C=O) groups excluding carboxylic acids is 2. The number of amides is 1. The lowest BCUT2D eigenvalue weighted by molar-refractivity contribution is -0.132. The molecular weight excluding hydrogens is 548 g/mol. The monoisotopic (exact) mass is 574 g/mol. The number of thiazole rings is 1. The van der Waals surface area contributed by atoms with Crippen LogP contribution in [-0.4, -0.2) is 55.8 Å². The highest BCUT2D eigenvalue weighted by Crippen LogP contribution is 2.46. The molecule has 1 amide bonds. The Bertz CT molecular complexity index is 1710. The summed E-state index contributed by atoms with van der Waals surface area (Å²) in [6, 6.07) is 14.4. The van der Waals surface area contributed by atoms with Gasteiger partial charge in [-0.25, -0.2) is 4.98 Å². The third-order valence-corrected chi connectivity index (χ3v) is 7.87. The van der Waals surface area contributed by atoms with E-state index in [2.05, 4.69) is 4.98 Å². The van der Waals surface area contributed by atoms with Gasteiger partial charge in [-0.3, -0.25) is 14.5 Å². The van der Waals surface area contributed by atoms with Crippen molar-refractivity contribution in [3.63, 3.8) is 0 Å². The van der Waals surface area contributed by atoms with Crippen molar-refractivity contribution in [2.75, 3.05) is 38.9 Å². The number of ether oxygens (including phenoxy) is 5. The standard InChI is InChI=1S/C30H26N2O8S/c1-4-38-20-9-5-16(13-22(20)37-3)26-25(27(33)17-6-10-21-23(14-17)40-12-11-39-21)28(34)29(35)32(26)30-31-19-8-7-18(36-2)15-24(19)41-30/h5-10,13-15,26,33H,4,11-12H2,1-3H3. The number of benzene rings is 3. The molecule has 0 aliphatic carbocycles. The summed E-state index contributed by atoms with van der Waals surface area (Å²) in [5.41, 5.74) is 1.39. The van der Waals surface area contributed by atoms with Crippen molar-refractivity contribution in [2.45, 2.75) is 13.0 Å². The number of anilines is 1. The number of carbonyl (C=O) groups is 2. The van der Waals surface area contributed by atoms with Crippen LogP contribution in [0, 0.1) is 0 Å². The number of hydrogen-bond donors (Lipinski definition) is 1. The maximum absolute atomic E-state index is 13.7. The van der Waals surface area contributed by atoms with Gasteiger partial charge < -0.3 is 28.8 Å². The van der Waals surface area contributed by atoms with E-state index in [9.17, 15) is 14.7 Å². The third kappa shape index (κ3) is 4.57. The Balaban J connectivity index is 1.54. The van der Waals surface area contributed by atoms with Gasteiger partial charge in [0.25, 0.3) is 5.78 Å². The number of rotatable bonds is 7. The zero-order valence-corrected chi connectivity index (χ0v) is 23.3. The first-order valence-corrected chi connectivity index (χ1v) is 13.7. The second kappa shape index (κ2) is 10.7. The summed E-state index contributed by atoms with van der Waals surface area (Å²) < 4.78 is 28.6. The molecule has 3 heterocycles. The summed E-state index contributed by atoms with van der Waals surface area (Å²) in [7, 11) is 3.08. The number of nitrogens with zero attached hydrogens (tertiary/aromatic N) is 2. The van der Waals surface area contributed by atoms with Crippen LogP contribution in [0.15, 0.2) is 60.2 Å². The number of hydrogen-bond acceptors (Lipinski definition) is 10. The van der Waals surface area contributed by atoms with Crippen LogP contribution in [0.4, 0.5) is 5.13 Å². The predicted molar refractivity (Wildman–Crippen MR) is 153 cm³/mol. The molecule has 1 N–H and O–H groups in total. The summed E-state index contributed by atoms with van der Waals surface area (Å²) in [6.45, 7) is 3.05. The van der Waals surface area contributed by atoms with Crippen molar-refractivity contribution >= 4 is 44.1 Å². The molecule has 2 aliphatic heterocycles. The minimum Gasteiger partial charge on any atom is -0.507 e. The van der Waals surface area contributed by atoms with Crippen LogP contribution in [0.1, 0.15) is 24.1 Å². The number of fused-ring (bicyclic) bond motifs is 2. The van der Waals surface area contributed by atoms with Gasteiger partial charge in [0, 0.05) is 5.56 Å². The van der Waals surface area contributed by atoms with Crippen molar-refractivity contribution in [3.05, 3.63) is 71.3 Å². The normalized spacial score (nSPS) is 17.6. The highest BCUT2D eigenvalue weighted by Gasteiger charge is 2.48. The average Bonchev–Trinajstić information content (AvgIpc) is 3.54. The van der Waals surface area contributed by atoms with Crippen molar-refractivity contribution < 1.29 is 38.4 Å². The molecule has 6 rings (SSSR count). The van der Waals surface area contributed by atoms with Crippen molar-refractivity contribution in [1.29, 1.82) is 0 Å². The molecule has 3 aromatic carbocycles. The molecule has 1 saturated heterocycles. The van der Waals surface area contributed by atoms with E-state index in [-0.39, 0.29) is 11.3 Å². The van der Waals surface area contributed by atoms with E-state index in [1.807, 2.05) is 13.0 Å². The van der Waals surface area contributed by atoms with Gasteiger partial charge in [-0.1, -0.05) is 17.4 Å². The summed E-state index contributed by atoms with van der Waals surface area (Å²) >= 11 is 1.24. The summed E-state index contributed by atoms with van der Waals surface area (Å²) in [4.78, 5) is 33.3. The number of aliphatic hydroxyl groups excluding tert-OH is 1. The Morgan fingerprint density at radius 2 is 1.80 bits per heavy atom. The molecule has 210 valence electrons. The summed E-state index contributed by atoms with van der Waals surface area (Å²) in [5.74, 6) is 0.544. The fraction of sp³-hybridized carbons (Fsp3) is 0.233. The quantitative estimate of drug-likeness (QED) is 0.183. The zero-order valence-electron chi connectivity index (χ0n) is 22.5. The van der Waals surface area contributed by atoms with Gasteiger partial charge in [0.15, 0.2) is 28.1 Å². The van der Waals surface area contributed by atoms with Crippen LogP contribution in [0.2, 0.25) is 0 Å². The Labute approximate surface area is 239 Å². The topological polar surface area (TPSA) is 117 Å². The first kappa shape index (κ1) is 26.5. The third-order valence-electron chi connectivity index (χ3n) is 6.85. The van der Waals surface area contributed by atoms with E-state index in [0.29, 0.717) is 70.3 Å². The molecule has 11 heteroatoms. The molecule has 10 nitrogen and oxygen atoms in total. The molecule has 0 spiro atoms. The first-order chi connectivity index (χ1) is 19.9. The molecular formula is C30H26N2O8S. The largest absolute Gasteiger partial charge is 0.507 e. The molecule has 4 aromatic rings. The maximum atomic E-state index is 13.7. The summed E-state index contributed by atoms with van der Waals surface area (Å²) in [6.07, 6.45) is 0. The molecule has 2 aliphatic rings. The van der Waals surface area contributed by atoms with Gasteiger partial charge in [-0.15, -0.1) is 0 Å². The molecule has 1 atom stereocenters. The van der Waals surface area contributed by atoms with Crippen LogP contribution in [0.3, 0.4) is 0 Å². The SMILES string of the molecule is CCOc1ccc(C2C(=C(O)c3ccc4c(c3)OCCO4)C(=O)C(=O)N2c2nc3ccc(OC)cc3s2)cc1OC. The maximum Gasteiger partial charge on any atom is 0.301 e. The van der Waals surface area contributed by atoms with E-state index < -0.39 is 17.7 Å².